The van der Waals surface area contributed by atoms with Crippen molar-refractivity contribution in [2.45, 2.75) is 77.4 Å². The number of nitrogens with zero attached hydrogens (tertiary/aromatic N) is 1. The van der Waals surface area contributed by atoms with Crippen molar-refractivity contribution in [1.29, 1.82) is 0 Å². The zero-order valence-electron chi connectivity index (χ0n) is 13.7. The van der Waals surface area contributed by atoms with Crippen molar-refractivity contribution in [1.82, 2.24) is 10.2 Å². The van der Waals surface area contributed by atoms with Crippen molar-refractivity contribution in [3.05, 3.63) is 0 Å². The van der Waals surface area contributed by atoms with Crippen molar-refractivity contribution in [2.75, 3.05) is 26.2 Å². The van der Waals surface area contributed by atoms with E-state index < -0.39 is 5.60 Å². The molecule has 2 N–H and O–H groups in total. The number of likely N-dealkylation sites (tertiary alicyclic amines) is 1. The normalized spacial score (nSPS) is 30.9. The molecule has 118 valence electrons. The van der Waals surface area contributed by atoms with Gasteiger partial charge in [-0.15, -0.1) is 0 Å². The van der Waals surface area contributed by atoms with Crippen LogP contribution in [0.4, 0.5) is 0 Å². The van der Waals surface area contributed by atoms with Gasteiger partial charge in [0.05, 0.1) is 5.60 Å². The zero-order valence-corrected chi connectivity index (χ0v) is 13.7. The molecule has 20 heavy (non-hydrogen) atoms. The Labute approximate surface area is 125 Å². The molecule has 0 bridgehead atoms. The molecule has 3 nitrogen and oxygen atoms in total. The second-order valence-electron chi connectivity index (χ2n) is 7.83. The lowest BCUT2D eigenvalue weighted by atomic mass is 9.71. The fourth-order valence-electron chi connectivity index (χ4n) is 3.58. The standard InChI is InChI=1S/C17H34N2O/c1-4-19-12-5-6-15(7-13-19)18-14-17(20)10-8-16(2,3)9-11-17/h15,18,20H,4-14H2,1-3H3. The Morgan fingerprint density at radius 2 is 1.80 bits per heavy atom. The maximum Gasteiger partial charge on any atom is 0.0772 e. The van der Waals surface area contributed by atoms with E-state index >= 15 is 0 Å². The van der Waals surface area contributed by atoms with Gasteiger partial charge in [0.15, 0.2) is 0 Å². The van der Waals surface area contributed by atoms with Gasteiger partial charge in [0.2, 0.25) is 0 Å². The van der Waals surface area contributed by atoms with Crippen molar-refractivity contribution in [2.24, 2.45) is 5.41 Å². The highest BCUT2D eigenvalue weighted by Crippen LogP contribution is 2.39. The smallest absolute Gasteiger partial charge is 0.0772 e. The molecule has 1 heterocycles. The average molecular weight is 282 g/mol. The van der Waals surface area contributed by atoms with Crippen molar-refractivity contribution in [3.63, 3.8) is 0 Å². The molecule has 0 aromatic rings. The monoisotopic (exact) mass is 282 g/mol. The van der Waals surface area contributed by atoms with Crippen LogP contribution >= 0.6 is 0 Å². The Morgan fingerprint density at radius 3 is 2.45 bits per heavy atom. The van der Waals surface area contributed by atoms with Crippen molar-refractivity contribution >= 4 is 0 Å². The molecule has 0 aromatic carbocycles. The van der Waals surface area contributed by atoms with Crippen LogP contribution in [0.15, 0.2) is 0 Å². The minimum Gasteiger partial charge on any atom is -0.389 e. The molecule has 0 radical (unpaired) electrons. The molecule has 1 unspecified atom stereocenters. The summed E-state index contributed by atoms with van der Waals surface area (Å²) >= 11 is 0. The van der Waals surface area contributed by atoms with Crippen LogP contribution < -0.4 is 5.32 Å². The van der Waals surface area contributed by atoms with Gasteiger partial charge in [-0.25, -0.2) is 0 Å². The van der Waals surface area contributed by atoms with Gasteiger partial charge in [-0.2, -0.15) is 0 Å². The summed E-state index contributed by atoms with van der Waals surface area (Å²) in [6.07, 6.45) is 8.00. The molecule has 2 rings (SSSR count). The van der Waals surface area contributed by atoms with Gasteiger partial charge in [0.25, 0.3) is 0 Å². The van der Waals surface area contributed by atoms with E-state index in [9.17, 15) is 5.11 Å². The summed E-state index contributed by atoms with van der Waals surface area (Å²) in [6, 6.07) is 0.602. The van der Waals surface area contributed by atoms with Crippen LogP contribution in [0.25, 0.3) is 0 Å². The summed E-state index contributed by atoms with van der Waals surface area (Å²) in [5.41, 5.74) is -0.0254. The van der Waals surface area contributed by atoms with E-state index in [2.05, 4.69) is 31.0 Å². The molecule has 1 saturated carbocycles. The first kappa shape index (κ1) is 16.3. The highest BCUT2D eigenvalue weighted by atomic mass is 16.3. The lowest BCUT2D eigenvalue weighted by Crippen LogP contribution is -2.47. The third-order valence-electron chi connectivity index (χ3n) is 5.52. The maximum atomic E-state index is 10.7. The van der Waals surface area contributed by atoms with Gasteiger partial charge in [-0.3, -0.25) is 0 Å². The Balaban J connectivity index is 1.74. The van der Waals surface area contributed by atoms with Gasteiger partial charge in [0, 0.05) is 12.6 Å². The van der Waals surface area contributed by atoms with E-state index in [1.807, 2.05) is 0 Å². The second kappa shape index (κ2) is 6.76. The van der Waals surface area contributed by atoms with Crippen molar-refractivity contribution in [3.8, 4) is 0 Å². The molecule has 2 aliphatic rings. The summed E-state index contributed by atoms with van der Waals surface area (Å²) < 4.78 is 0. The second-order valence-corrected chi connectivity index (χ2v) is 7.83. The molecule has 1 atom stereocenters. The van der Waals surface area contributed by atoms with Crippen LogP contribution in [0.1, 0.15) is 65.7 Å². The lowest BCUT2D eigenvalue weighted by molar-refractivity contribution is -0.0263. The van der Waals surface area contributed by atoms with Gasteiger partial charge < -0.3 is 15.3 Å². The van der Waals surface area contributed by atoms with Crippen LogP contribution in [0.3, 0.4) is 0 Å². The first-order valence-corrected chi connectivity index (χ1v) is 8.61. The predicted octanol–water partition coefficient (Wildman–Crippen LogP) is 2.78. The van der Waals surface area contributed by atoms with Crippen LogP contribution in [0, 0.1) is 5.41 Å². The Hall–Kier alpha value is -0.120. The molecular weight excluding hydrogens is 248 g/mol. The number of rotatable bonds is 4. The van der Waals surface area contributed by atoms with E-state index in [0.29, 0.717) is 11.5 Å². The van der Waals surface area contributed by atoms with Crippen LogP contribution in [-0.4, -0.2) is 47.8 Å². The molecule has 0 aromatic heterocycles. The first-order valence-electron chi connectivity index (χ1n) is 8.61. The molecule has 1 saturated heterocycles. The molecule has 1 aliphatic heterocycles. The highest BCUT2D eigenvalue weighted by molar-refractivity contribution is 4.91. The van der Waals surface area contributed by atoms with Crippen LogP contribution in [-0.2, 0) is 0 Å². The number of hydrogen-bond acceptors (Lipinski definition) is 3. The van der Waals surface area contributed by atoms with Gasteiger partial charge in [0.1, 0.15) is 0 Å². The molecule has 0 amide bonds. The maximum absolute atomic E-state index is 10.7. The third kappa shape index (κ3) is 4.71. The Morgan fingerprint density at radius 1 is 1.10 bits per heavy atom. The lowest BCUT2D eigenvalue weighted by Gasteiger charge is -2.41. The summed E-state index contributed by atoms with van der Waals surface area (Å²) in [5.74, 6) is 0. The van der Waals surface area contributed by atoms with Gasteiger partial charge in [-0.1, -0.05) is 20.8 Å². The molecule has 1 aliphatic carbocycles. The molecule has 2 fully saturated rings. The van der Waals surface area contributed by atoms with Gasteiger partial charge >= 0.3 is 0 Å². The molecule has 3 heteroatoms. The average Bonchev–Trinajstić information content (AvgIpc) is 2.66. The van der Waals surface area contributed by atoms with Gasteiger partial charge in [-0.05, 0) is 70.0 Å². The third-order valence-corrected chi connectivity index (χ3v) is 5.52. The molecular formula is C17H34N2O. The van der Waals surface area contributed by atoms with E-state index in [4.69, 9.17) is 0 Å². The Kier molecular flexibility index (Phi) is 5.49. The topological polar surface area (TPSA) is 35.5 Å². The number of nitrogens with one attached hydrogen (secondary N) is 1. The summed E-state index contributed by atoms with van der Waals surface area (Å²) in [5, 5.41) is 14.4. The fourth-order valence-corrected chi connectivity index (χ4v) is 3.58. The number of aliphatic hydroxyl groups is 1. The largest absolute Gasteiger partial charge is 0.389 e. The van der Waals surface area contributed by atoms with E-state index in [1.165, 1.54) is 38.9 Å². The molecule has 0 spiro atoms. The van der Waals surface area contributed by atoms with E-state index in [-0.39, 0.29) is 0 Å². The minimum absolute atomic E-state index is 0.427. The Bertz CT molecular complexity index is 293. The predicted molar refractivity (Wildman–Crippen MR) is 85.0 cm³/mol. The summed E-state index contributed by atoms with van der Waals surface area (Å²) in [6.45, 7) is 11.3. The summed E-state index contributed by atoms with van der Waals surface area (Å²) in [4.78, 5) is 2.54. The van der Waals surface area contributed by atoms with Crippen molar-refractivity contribution < 1.29 is 5.11 Å². The minimum atomic E-state index is -0.452. The first-order chi connectivity index (χ1) is 9.42. The highest BCUT2D eigenvalue weighted by Gasteiger charge is 2.36. The number of hydrogen-bond donors (Lipinski definition) is 2. The van der Waals surface area contributed by atoms with Crippen LogP contribution in [0.5, 0.6) is 0 Å². The quantitative estimate of drug-likeness (QED) is 0.832. The zero-order chi connectivity index (χ0) is 14.6. The van der Waals surface area contributed by atoms with E-state index in [0.717, 1.165) is 32.2 Å². The fraction of sp³-hybridized carbons (Fsp3) is 1.00. The van der Waals surface area contributed by atoms with Crippen LogP contribution in [0.2, 0.25) is 0 Å². The summed E-state index contributed by atoms with van der Waals surface area (Å²) in [7, 11) is 0. The SMILES string of the molecule is CCN1CCCC(NCC2(O)CCC(C)(C)CC2)CC1. The van der Waals surface area contributed by atoms with E-state index in [1.54, 1.807) is 0 Å².